The van der Waals surface area contributed by atoms with Crippen LogP contribution in [0.1, 0.15) is 24.4 Å². The van der Waals surface area contributed by atoms with Crippen molar-refractivity contribution in [2.24, 2.45) is 0 Å². The number of thioether (sulfide) groups is 1. The van der Waals surface area contributed by atoms with Crippen LogP contribution >= 0.6 is 23.1 Å². The summed E-state index contributed by atoms with van der Waals surface area (Å²) in [5.41, 5.74) is 0.763. The van der Waals surface area contributed by atoms with Gasteiger partial charge in [0.05, 0.1) is 11.5 Å². The Morgan fingerprint density at radius 3 is 2.61 bits per heavy atom. The van der Waals surface area contributed by atoms with Crippen LogP contribution in [0.3, 0.4) is 0 Å². The molecule has 1 aliphatic heterocycles. The number of ether oxygens (including phenoxy) is 1. The first-order chi connectivity index (χ1) is 13.5. The molecule has 2 aromatic rings. The van der Waals surface area contributed by atoms with E-state index in [1.54, 1.807) is 30.3 Å². The van der Waals surface area contributed by atoms with Crippen molar-refractivity contribution in [3.63, 3.8) is 0 Å². The van der Waals surface area contributed by atoms with Crippen LogP contribution in [0.5, 0.6) is 5.75 Å². The molecule has 0 radical (unpaired) electrons. The van der Waals surface area contributed by atoms with E-state index in [0.29, 0.717) is 18.2 Å². The Balaban J connectivity index is 1.64. The Morgan fingerprint density at radius 2 is 1.96 bits per heavy atom. The van der Waals surface area contributed by atoms with Gasteiger partial charge < -0.3 is 4.74 Å². The van der Waals surface area contributed by atoms with Crippen LogP contribution in [-0.2, 0) is 16.0 Å². The van der Waals surface area contributed by atoms with E-state index in [1.807, 2.05) is 13.8 Å². The fourth-order valence-corrected chi connectivity index (χ4v) is 3.90. The third-order valence-corrected chi connectivity index (χ3v) is 5.57. The molecule has 1 fully saturated rings. The highest BCUT2D eigenvalue weighted by molar-refractivity contribution is 8.18. The molecule has 1 aromatic carbocycles. The molecule has 1 saturated heterocycles. The molecule has 8 nitrogen and oxygen atoms in total. The number of amides is 3. The molecule has 1 N–H and O–H groups in total. The normalized spacial score (nSPS) is 15.4. The first kappa shape index (κ1) is 20.0. The number of aryl methyl sites for hydroxylation is 1. The first-order valence-electron chi connectivity index (χ1n) is 8.60. The third-order valence-electron chi connectivity index (χ3n) is 3.68. The molecule has 0 saturated carbocycles. The molecule has 2 heterocycles. The lowest BCUT2D eigenvalue weighted by Crippen LogP contribution is -2.36. The van der Waals surface area contributed by atoms with Crippen LogP contribution < -0.4 is 10.1 Å². The third kappa shape index (κ3) is 4.76. The van der Waals surface area contributed by atoms with Crippen molar-refractivity contribution in [2.45, 2.75) is 20.3 Å². The molecule has 1 aliphatic rings. The van der Waals surface area contributed by atoms with E-state index < -0.39 is 17.1 Å². The summed E-state index contributed by atoms with van der Waals surface area (Å²) in [5, 5.41) is 11.0. The van der Waals surface area contributed by atoms with Crippen molar-refractivity contribution >= 4 is 51.4 Å². The second kappa shape index (κ2) is 8.98. The summed E-state index contributed by atoms with van der Waals surface area (Å²) in [6.07, 6.45) is 2.34. The summed E-state index contributed by atoms with van der Waals surface area (Å²) < 4.78 is 5.38. The topological polar surface area (TPSA) is 101 Å². The van der Waals surface area contributed by atoms with Gasteiger partial charge in [-0.25, -0.2) is 0 Å². The van der Waals surface area contributed by atoms with E-state index in [4.69, 9.17) is 4.74 Å². The molecule has 146 valence electrons. The van der Waals surface area contributed by atoms with Gasteiger partial charge >= 0.3 is 0 Å². The van der Waals surface area contributed by atoms with Gasteiger partial charge in [0.2, 0.25) is 11.0 Å². The van der Waals surface area contributed by atoms with Gasteiger partial charge in [-0.15, -0.1) is 10.2 Å². The molecule has 3 rings (SSSR count). The number of carbonyl (C=O) groups is 3. The molecule has 3 amide bonds. The minimum atomic E-state index is -0.497. The summed E-state index contributed by atoms with van der Waals surface area (Å²) in [6.45, 7) is 4.03. The number of anilines is 1. The SMILES string of the molecule is CCOc1ccc(C=C2SC(=O)N(CC(=O)Nc3nnc(CC)s3)C2=O)cc1. The Kier molecular flexibility index (Phi) is 6.42. The average molecular weight is 419 g/mol. The summed E-state index contributed by atoms with van der Waals surface area (Å²) >= 11 is 2.07. The summed E-state index contributed by atoms with van der Waals surface area (Å²) in [6, 6.07) is 7.18. The number of aromatic nitrogens is 2. The lowest BCUT2D eigenvalue weighted by molar-refractivity contribution is -0.127. The molecule has 0 unspecified atom stereocenters. The monoisotopic (exact) mass is 418 g/mol. The molecule has 0 atom stereocenters. The van der Waals surface area contributed by atoms with Crippen molar-refractivity contribution in [3.8, 4) is 5.75 Å². The van der Waals surface area contributed by atoms with E-state index in [2.05, 4.69) is 15.5 Å². The Bertz CT molecular complexity index is 924. The van der Waals surface area contributed by atoms with Gasteiger partial charge in [-0.3, -0.25) is 24.6 Å². The number of benzene rings is 1. The Morgan fingerprint density at radius 1 is 1.21 bits per heavy atom. The minimum Gasteiger partial charge on any atom is -0.494 e. The second-order valence-electron chi connectivity index (χ2n) is 5.67. The number of hydrogen-bond acceptors (Lipinski definition) is 8. The van der Waals surface area contributed by atoms with Crippen LogP contribution in [0.25, 0.3) is 6.08 Å². The molecule has 0 bridgehead atoms. The van der Waals surface area contributed by atoms with Crippen LogP contribution in [0.2, 0.25) is 0 Å². The van der Waals surface area contributed by atoms with Gasteiger partial charge in [-0.1, -0.05) is 30.4 Å². The average Bonchev–Trinajstić information content (AvgIpc) is 3.23. The summed E-state index contributed by atoms with van der Waals surface area (Å²) in [7, 11) is 0. The van der Waals surface area contributed by atoms with E-state index in [9.17, 15) is 14.4 Å². The predicted octanol–water partition coefficient (Wildman–Crippen LogP) is 3.17. The van der Waals surface area contributed by atoms with Crippen LogP contribution in [0.4, 0.5) is 9.93 Å². The van der Waals surface area contributed by atoms with Crippen molar-refractivity contribution in [2.75, 3.05) is 18.5 Å². The van der Waals surface area contributed by atoms with E-state index in [1.165, 1.54) is 11.3 Å². The maximum Gasteiger partial charge on any atom is 0.294 e. The Labute approximate surface area is 170 Å². The zero-order valence-electron chi connectivity index (χ0n) is 15.3. The largest absolute Gasteiger partial charge is 0.494 e. The summed E-state index contributed by atoms with van der Waals surface area (Å²) in [4.78, 5) is 38.0. The van der Waals surface area contributed by atoms with Gasteiger partial charge in [0, 0.05) is 0 Å². The fraction of sp³-hybridized carbons (Fsp3) is 0.278. The minimum absolute atomic E-state index is 0.270. The number of carbonyl (C=O) groups excluding carboxylic acids is 3. The van der Waals surface area contributed by atoms with E-state index in [0.717, 1.165) is 33.0 Å². The molecule has 10 heteroatoms. The van der Waals surface area contributed by atoms with E-state index >= 15 is 0 Å². The van der Waals surface area contributed by atoms with Crippen molar-refractivity contribution < 1.29 is 19.1 Å². The lowest BCUT2D eigenvalue weighted by atomic mass is 10.2. The van der Waals surface area contributed by atoms with Gasteiger partial charge in [-0.05, 0) is 48.9 Å². The number of rotatable bonds is 7. The molecule has 0 spiro atoms. The van der Waals surface area contributed by atoms with Crippen molar-refractivity contribution in [1.29, 1.82) is 0 Å². The smallest absolute Gasteiger partial charge is 0.294 e. The van der Waals surface area contributed by atoms with E-state index in [-0.39, 0.29) is 11.4 Å². The van der Waals surface area contributed by atoms with Crippen LogP contribution in [0, 0.1) is 0 Å². The van der Waals surface area contributed by atoms with Crippen LogP contribution in [-0.4, -0.2) is 45.3 Å². The number of nitrogens with zero attached hydrogens (tertiary/aromatic N) is 3. The fourth-order valence-electron chi connectivity index (χ4n) is 2.36. The molecular formula is C18H18N4O4S2. The van der Waals surface area contributed by atoms with Gasteiger partial charge in [-0.2, -0.15) is 0 Å². The highest BCUT2D eigenvalue weighted by Gasteiger charge is 2.36. The van der Waals surface area contributed by atoms with Gasteiger partial charge in [0.1, 0.15) is 17.3 Å². The number of nitrogens with one attached hydrogen (secondary N) is 1. The maximum atomic E-state index is 12.5. The number of imide groups is 1. The zero-order chi connectivity index (χ0) is 20.1. The molecule has 1 aromatic heterocycles. The lowest BCUT2D eigenvalue weighted by Gasteiger charge is -2.11. The zero-order valence-corrected chi connectivity index (χ0v) is 16.9. The molecule has 0 aliphatic carbocycles. The predicted molar refractivity (Wildman–Crippen MR) is 108 cm³/mol. The molecular weight excluding hydrogens is 400 g/mol. The second-order valence-corrected chi connectivity index (χ2v) is 7.73. The highest BCUT2D eigenvalue weighted by atomic mass is 32.2. The summed E-state index contributed by atoms with van der Waals surface area (Å²) in [5.74, 6) is -0.263. The highest BCUT2D eigenvalue weighted by Crippen LogP contribution is 2.32. The first-order valence-corrected chi connectivity index (χ1v) is 10.2. The van der Waals surface area contributed by atoms with Crippen molar-refractivity contribution in [1.82, 2.24) is 15.1 Å². The molecule has 28 heavy (non-hydrogen) atoms. The number of hydrogen-bond donors (Lipinski definition) is 1. The standard InChI is InChI=1S/C18H18N4O4S2/c1-3-15-20-21-17(28-15)19-14(23)10-22-16(24)13(27-18(22)25)9-11-5-7-12(8-6-11)26-4-2/h5-9H,3-4,10H2,1-2H3,(H,19,21,23). The van der Waals surface area contributed by atoms with Gasteiger partial charge in [0.25, 0.3) is 11.1 Å². The van der Waals surface area contributed by atoms with Crippen molar-refractivity contribution in [3.05, 3.63) is 39.7 Å². The quantitative estimate of drug-likeness (QED) is 0.689. The Hall–Kier alpha value is -2.72. The van der Waals surface area contributed by atoms with Crippen LogP contribution in [0.15, 0.2) is 29.2 Å². The maximum absolute atomic E-state index is 12.5. The van der Waals surface area contributed by atoms with Gasteiger partial charge in [0.15, 0.2) is 0 Å².